The number of nitrogens with one attached hydrogen (secondary N) is 1. The molecular formula is C13H29ClN2. The van der Waals surface area contributed by atoms with Crippen LogP contribution in [0.25, 0.3) is 0 Å². The summed E-state index contributed by atoms with van der Waals surface area (Å²) in [5.74, 6) is 1.02. The van der Waals surface area contributed by atoms with E-state index < -0.39 is 0 Å². The van der Waals surface area contributed by atoms with Gasteiger partial charge in [-0.05, 0) is 33.0 Å². The summed E-state index contributed by atoms with van der Waals surface area (Å²) in [4.78, 5) is 2.46. The molecule has 1 N–H and O–H groups in total. The Kier molecular flexibility index (Phi) is 10.5. The summed E-state index contributed by atoms with van der Waals surface area (Å²) in [7, 11) is 4.27. The molecule has 2 nitrogen and oxygen atoms in total. The molecule has 98 valence electrons. The zero-order valence-electron chi connectivity index (χ0n) is 11.0. The number of halogens is 1. The van der Waals surface area contributed by atoms with Crippen molar-refractivity contribution in [3.05, 3.63) is 0 Å². The predicted molar refractivity (Wildman–Crippen MR) is 74.5 cm³/mol. The summed E-state index contributed by atoms with van der Waals surface area (Å²) in [6.45, 7) is 3.58. The molecule has 0 amide bonds. The van der Waals surface area contributed by atoms with Gasteiger partial charge < -0.3 is 10.2 Å². The minimum absolute atomic E-state index is 0. The minimum Gasteiger partial charge on any atom is -0.318 e. The van der Waals surface area contributed by atoms with Gasteiger partial charge in [0.15, 0.2) is 0 Å². The summed E-state index contributed by atoms with van der Waals surface area (Å²) < 4.78 is 0. The molecule has 0 saturated heterocycles. The Morgan fingerprint density at radius 3 is 2.25 bits per heavy atom. The molecule has 1 fully saturated rings. The van der Waals surface area contributed by atoms with Crippen molar-refractivity contribution in [2.75, 3.05) is 33.7 Å². The van der Waals surface area contributed by atoms with E-state index >= 15 is 0 Å². The molecule has 0 heterocycles. The molecule has 0 radical (unpaired) electrons. The normalized spacial score (nSPS) is 18.2. The van der Waals surface area contributed by atoms with Crippen molar-refractivity contribution in [3.8, 4) is 0 Å². The number of likely N-dealkylation sites (N-methyl/N-ethyl adjacent to an activating group) is 2. The smallest absolute Gasteiger partial charge is 0.0104 e. The van der Waals surface area contributed by atoms with Gasteiger partial charge in [0.2, 0.25) is 0 Å². The molecule has 3 heteroatoms. The first-order valence-electron chi connectivity index (χ1n) is 6.66. The van der Waals surface area contributed by atoms with Gasteiger partial charge in [-0.2, -0.15) is 0 Å². The van der Waals surface area contributed by atoms with Gasteiger partial charge in [0.05, 0.1) is 0 Å². The molecule has 0 aromatic rings. The van der Waals surface area contributed by atoms with Crippen LogP contribution in [0.4, 0.5) is 0 Å². The highest BCUT2D eigenvalue weighted by atomic mass is 35.5. The van der Waals surface area contributed by atoms with Gasteiger partial charge in [-0.3, -0.25) is 0 Å². The maximum absolute atomic E-state index is 3.20. The van der Waals surface area contributed by atoms with E-state index in [2.05, 4.69) is 17.3 Å². The lowest BCUT2D eigenvalue weighted by atomic mass is 9.96. The van der Waals surface area contributed by atoms with Gasteiger partial charge in [-0.1, -0.05) is 38.5 Å². The highest BCUT2D eigenvalue weighted by molar-refractivity contribution is 5.85. The first kappa shape index (κ1) is 16.2. The Hall–Kier alpha value is 0.210. The van der Waals surface area contributed by atoms with Crippen molar-refractivity contribution in [3.63, 3.8) is 0 Å². The van der Waals surface area contributed by atoms with Crippen LogP contribution < -0.4 is 5.32 Å². The fourth-order valence-corrected chi connectivity index (χ4v) is 2.47. The van der Waals surface area contributed by atoms with Crippen LogP contribution in [-0.4, -0.2) is 38.6 Å². The Labute approximate surface area is 108 Å². The Morgan fingerprint density at radius 2 is 1.69 bits per heavy atom. The first-order valence-corrected chi connectivity index (χ1v) is 6.66. The largest absolute Gasteiger partial charge is 0.318 e. The molecular weight excluding hydrogens is 220 g/mol. The molecule has 0 bridgehead atoms. The van der Waals surface area contributed by atoms with Gasteiger partial charge in [0, 0.05) is 13.1 Å². The summed E-state index contributed by atoms with van der Waals surface area (Å²) in [5, 5.41) is 3.20. The molecule has 1 saturated carbocycles. The van der Waals surface area contributed by atoms with Crippen LogP contribution >= 0.6 is 12.4 Å². The van der Waals surface area contributed by atoms with Crippen molar-refractivity contribution in [1.82, 2.24) is 10.2 Å². The maximum Gasteiger partial charge on any atom is 0.0104 e. The minimum atomic E-state index is 0. The highest BCUT2D eigenvalue weighted by Gasteiger charge is 2.12. The van der Waals surface area contributed by atoms with E-state index in [1.54, 1.807) is 0 Å². The van der Waals surface area contributed by atoms with E-state index in [4.69, 9.17) is 0 Å². The quantitative estimate of drug-likeness (QED) is 0.728. The molecule has 1 rings (SSSR count). The number of hydrogen-bond donors (Lipinski definition) is 1. The first-order chi connectivity index (χ1) is 7.33. The second-order valence-corrected chi connectivity index (χ2v) is 5.05. The topological polar surface area (TPSA) is 15.3 Å². The lowest BCUT2D eigenvalue weighted by molar-refractivity contribution is 0.289. The van der Waals surface area contributed by atoms with Crippen LogP contribution in [0.3, 0.4) is 0 Å². The zero-order valence-corrected chi connectivity index (χ0v) is 11.8. The van der Waals surface area contributed by atoms with Crippen molar-refractivity contribution in [2.45, 2.75) is 44.9 Å². The Morgan fingerprint density at radius 1 is 1.06 bits per heavy atom. The molecule has 0 aromatic carbocycles. The van der Waals surface area contributed by atoms with Gasteiger partial charge in [-0.15, -0.1) is 12.4 Å². The molecule has 0 aromatic heterocycles. The van der Waals surface area contributed by atoms with Crippen molar-refractivity contribution in [1.29, 1.82) is 0 Å². The monoisotopic (exact) mass is 248 g/mol. The average molecular weight is 249 g/mol. The standard InChI is InChI=1S/C13H28N2.ClH/c1-14-10-12-15(2)11-9-13-7-5-3-4-6-8-13;/h13-14H,3-12H2,1-2H3;1H. The number of nitrogens with zero attached hydrogens (tertiary/aromatic N) is 1. The lowest BCUT2D eigenvalue weighted by Crippen LogP contribution is -2.29. The maximum atomic E-state index is 3.20. The van der Waals surface area contributed by atoms with Crippen LogP contribution in [0.1, 0.15) is 44.9 Å². The van der Waals surface area contributed by atoms with E-state index in [0.717, 1.165) is 12.5 Å². The highest BCUT2D eigenvalue weighted by Crippen LogP contribution is 2.25. The SMILES string of the molecule is CNCCN(C)CCC1CCCCCC1.Cl. The Balaban J connectivity index is 0.00000225. The molecule has 1 aliphatic rings. The van der Waals surface area contributed by atoms with E-state index in [9.17, 15) is 0 Å². The van der Waals surface area contributed by atoms with E-state index in [-0.39, 0.29) is 12.4 Å². The van der Waals surface area contributed by atoms with Crippen LogP contribution in [0.2, 0.25) is 0 Å². The molecule has 0 spiro atoms. The van der Waals surface area contributed by atoms with Crippen LogP contribution in [0.15, 0.2) is 0 Å². The fraction of sp³-hybridized carbons (Fsp3) is 1.00. The summed E-state index contributed by atoms with van der Waals surface area (Å²) >= 11 is 0. The van der Waals surface area contributed by atoms with Gasteiger partial charge in [-0.25, -0.2) is 0 Å². The molecule has 0 atom stereocenters. The van der Waals surface area contributed by atoms with Gasteiger partial charge in [0.1, 0.15) is 0 Å². The summed E-state index contributed by atoms with van der Waals surface area (Å²) in [5.41, 5.74) is 0. The predicted octanol–water partition coefficient (Wildman–Crippen LogP) is 2.92. The lowest BCUT2D eigenvalue weighted by Gasteiger charge is -2.20. The van der Waals surface area contributed by atoms with Crippen LogP contribution in [0.5, 0.6) is 0 Å². The third-order valence-corrected chi connectivity index (χ3v) is 3.64. The molecule has 0 aliphatic heterocycles. The van der Waals surface area contributed by atoms with Gasteiger partial charge >= 0.3 is 0 Å². The molecule has 16 heavy (non-hydrogen) atoms. The third kappa shape index (κ3) is 7.48. The second kappa shape index (κ2) is 10.4. The number of hydrogen-bond acceptors (Lipinski definition) is 2. The summed E-state index contributed by atoms with van der Waals surface area (Å²) in [6, 6.07) is 0. The van der Waals surface area contributed by atoms with Crippen LogP contribution in [0, 0.1) is 5.92 Å². The van der Waals surface area contributed by atoms with Crippen molar-refractivity contribution >= 4 is 12.4 Å². The number of rotatable bonds is 6. The Bertz CT molecular complexity index is 145. The third-order valence-electron chi connectivity index (χ3n) is 3.64. The molecule has 1 aliphatic carbocycles. The van der Waals surface area contributed by atoms with E-state index in [1.165, 1.54) is 58.0 Å². The van der Waals surface area contributed by atoms with Crippen molar-refractivity contribution in [2.24, 2.45) is 5.92 Å². The van der Waals surface area contributed by atoms with E-state index in [0.29, 0.717) is 0 Å². The second-order valence-electron chi connectivity index (χ2n) is 5.05. The van der Waals surface area contributed by atoms with E-state index in [1.807, 2.05) is 7.05 Å². The van der Waals surface area contributed by atoms with Gasteiger partial charge in [0.25, 0.3) is 0 Å². The summed E-state index contributed by atoms with van der Waals surface area (Å²) in [6.07, 6.45) is 10.3. The van der Waals surface area contributed by atoms with Crippen LogP contribution in [-0.2, 0) is 0 Å². The zero-order chi connectivity index (χ0) is 10.9. The molecule has 0 unspecified atom stereocenters. The fourth-order valence-electron chi connectivity index (χ4n) is 2.47. The average Bonchev–Trinajstić information content (AvgIpc) is 2.51. The van der Waals surface area contributed by atoms with Crippen molar-refractivity contribution < 1.29 is 0 Å².